The lowest BCUT2D eigenvalue weighted by Gasteiger charge is -2.18. The predicted octanol–water partition coefficient (Wildman–Crippen LogP) is 3.30. The van der Waals surface area contributed by atoms with Crippen molar-refractivity contribution in [3.63, 3.8) is 0 Å². The number of aromatic nitrogens is 1. The fraction of sp³-hybridized carbons (Fsp3) is 0.583. The van der Waals surface area contributed by atoms with Crippen molar-refractivity contribution in [3.8, 4) is 0 Å². The fourth-order valence-corrected chi connectivity index (χ4v) is 2.36. The lowest BCUT2D eigenvalue weighted by molar-refractivity contribution is 0.786. The third kappa shape index (κ3) is 3.84. The second-order valence-corrected chi connectivity index (χ2v) is 6.73. The summed E-state index contributed by atoms with van der Waals surface area (Å²) in [5.74, 6) is 0. The van der Waals surface area contributed by atoms with E-state index in [-0.39, 0.29) is 10.8 Å². The van der Waals surface area contributed by atoms with Crippen LogP contribution in [-0.2, 0) is 0 Å². The van der Waals surface area contributed by atoms with E-state index in [1.807, 2.05) is 13.1 Å². The number of nitrogens with two attached hydrogens (primary N) is 1. The van der Waals surface area contributed by atoms with Gasteiger partial charge in [0.15, 0.2) is 0 Å². The van der Waals surface area contributed by atoms with Crippen molar-refractivity contribution >= 4 is 11.8 Å². The fourth-order valence-electron chi connectivity index (χ4n) is 1.39. The molecule has 0 saturated carbocycles. The molecule has 0 aliphatic carbocycles. The number of rotatable bonds is 2. The summed E-state index contributed by atoms with van der Waals surface area (Å²) in [5, 5.41) is 1.07. The van der Waals surface area contributed by atoms with E-state index in [1.54, 1.807) is 11.8 Å². The summed E-state index contributed by atoms with van der Waals surface area (Å²) in [5.41, 5.74) is 8.21. The Kier molecular flexibility index (Phi) is 3.79. The minimum absolute atomic E-state index is 0.0613. The second kappa shape index (κ2) is 4.54. The standard InChI is InChI=1S/C12H20N2S/c1-8-6-11(15-12(3,4)5)14-7-10(8)9(2)13/h6-7,9H,13H2,1-5H3. The minimum atomic E-state index is 0.0613. The van der Waals surface area contributed by atoms with E-state index in [1.165, 1.54) is 5.56 Å². The SMILES string of the molecule is Cc1cc(SC(C)(C)C)ncc1C(C)N. The van der Waals surface area contributed by atoms with E-state index in [0.717, 1.165) is 10.6 Å². The van der Waals surface area contributed by atoms with Crippen molar-refractivity contribution < 1.29 is 0 Å². The van der Waals surface area contributed by atoms with Crippen LogP contribution in [0.4, 0.5) is 0 Å². The molecule has 1 atom stereocenters. The first-order chi connectivity index (χ1) is 6.79. The third-order valence-electron chi connectivity index (χ3n) is 2.03. The van der Waals surface area contributed by atoms with Crippen molar-refractivity contribution in [1.29, 1.82) is 0 Å². The first-order valence-electron chi connectivity index (χ1n) is 5.21. The van der Waals surface area contributed by atoms with Gasteiger partial charge in [-0.05, 0) is 31.0 Å². The molecule has 0 amide bonds. The van der Waals surface area contributed by atoms with Crippen molar-refractivity contribution in [3.05, 3.63) is 23.4 Å². The zero-order valence-electron chi connectivity index (χ0n) is 10.2. The first-order valence-corrected chi connectivity index (χ1v) is 6.02. The third-order valence-corrected chi connectivity index (χ3v) is 3.07. The Morgan fingerprint density at radius 3 is 2.40 bits per heavy atom. The van der Waals surface area contributed by atoms with Gasteiger partial charge in [-0.2, -0.15) is 0 Å². The van der Waals surface area contributed by atoms with E-state index in [0.29, 0.717) is 0 Å². The van der Waals surface area contributed by atoms with Gasteiger partial charge in [0.05, 0.1) is 5.03 Å². The van der Waals surface area contributed by atoms with Crippen LogP contribution in [0.15, 0.2) is 17.3 Å². The number of aryl methyl sites for hydroxylation is 1. The number of hydrogen-bond acceptors (Lipinski definition) is 3. The zero-order chi connectivity index (χ0) is 11.6. The summed E-state index contributed by atoms with van der Waals surface area (Å²) in [6, 6.07) is 2.18. The smallest absolute Gasteiger partial charge is 0.0967 e. The van der Waals surface area contributed by atoms with Crippen LogP contribution < -0.4 is 5.73 Å². The average molecular weight is 224 g/mol. The molecular weight excluding hydrogens is 204 g/mol. The summed E-state index contributed by atoms with van der Waals surface area (Å²) in [7, 11) is 0. The van der Waals surface area contributed by atoms with Crippen LogP contribution in [0, 0.1) is 6.92 Å². The summed E-state index contributed by atoms with van der Waals surface area (Å²) in [6.45, 7) is 10.6. The average Bonchev–Trinajstić information content (AvgIpc) is 1.99. The molecule has 0 aliphatic heterocycles. The monoisotopic (exact) mass is 224 g/mol. The largest absolute Gasteiger partial charge is 0.324 e. The van der Waals surface area contributed by atoms with Crippen LogP contribution in [0.25, 0.3) is 0 Å². The molecule has 1 rings (SSSR count). The lowest BCUT2D eigenvalue weighted by Crippen LogP contribution is -2.10. The van der Waals surface area contributed by atoms with E-state index >= 15 is 0 Å². The maximum absolute atomic E-state index is 5.85. The highest BCUT2D eigenvalue weighted by Gasteiger charge is 2.14. The van der Waals surface area contributed by atoms with Crippen LogP contribution in [0.1, 0.15) is 44.9 Å². The van der Waals surface area contributed by atoms with Crippen LogP contribution in [0.2, 0.25) is 0 Å². The zero-order valence-corrected chi connectivity index (χ0v) is 11.0. The lowest BCUT2D eigenvalue weighted by atomic mass is 10.1. The highest BCUT2D eigenvalue weighted by Crippen LogP contribution is 2.31. The Morgan fingerprint density at radius 2 is 2.00 bits per heavy atom. The molecule has 1 heterocycles. The first kappa shape index (κ1) is 12.5. The topological polar surface area (TPSA) is 38.9 Å². The Morgan fingerprint density at radius 1 is 1.40 bits per heavy atom. The quantitative estimate of drug-likeness (QED) is 0.783. The molecule has 0 radical (unpaired) electrons. The van der Waals surface area contributed by atoms with Gasteiger partial charge < -0.3 is 5.73 Å². The normalized spacial score (nSPS) is 14.0. The van der Waals surface area contributed by atoms with Crippen LogP contribution in [0.3, 0.4) is 0 Å². The van der Waals surface area contributed by atoms with Gasteiger partial charge in [0.25, 0.3) is 0 Å². The molecule has 3 heteroatoms. The van der Waals surface area contributed by atoms with Gasteiger partial charge in [-0.15, -0.1) is 11.8 Å². The summed E-state index contributed by atoms with van der Waals surface area (Å²) < 4.78 is 0.204. The molecule has 0 aliphatic rings. The molecule has 0 aromatic carbocycles. The maximum Gasteiger partial charge on any atom is 0.0967 e. The summed E-state index contributed by atoms with van der Waals surface area (Å²) in [4.78, 5) is 4.43. The molecule has 0 bridgehead atoms. The van der Waals surface area contributed by atoms with Crippen LogP contribution in [-0.4, -0.2) is 9.73 Å². The highest BCUT2D eigenvalue weighted by molar-refractivity contribution is 8.00. The molecule has 1 aromatic rings. The number of pyridine rings is 1. The van der Waals surface area contributed by atoms with Gasteiger partial charge in [0.1, 0.15) is 0 Å². The molecule has 0 fully saturated rings. The summed E-state index contributed by atoms with van der Waals surface area (Å²) in [6.07, 6.45) is 1.90. The van der Waals surface area contributed by atoms with Gasteiger partial charge >= 0.3 is 0 Å². The van der Waals surface area contributed by atoms with Crippen LogP contribution in [0.5, 0.6) is 0 Å². The van der Waals surface area contributed by atoms with E-state index in [4.69, 9.17) is 5.73 Å². The second-order valence-electron chi connectivity index (χ2n) is 4.88. The van der Waals surface area contributed by atoms with Gasteiger partial charge in [-0.25, -0.2) is 4.98 Å². The van der Waals surface area contributed by atoms with Gasteiger partial charge in [-0.3, -0.25) is 0 Å². The molecule has 2 nitrogen and oxygen atoms in total. The maximum atomic E-state index is 5.85. The van der Waals surface area contributed by atoms with Gasteiger partial charge in [0.2, 0.25) is 0 Å². The van der Waals surface area contributed by atoms with Crippen LogP contribution >= 0.6 is 11.8 Å². The highest BCUT2D eigenvalue weighted by atomic mass is 32.2. The van der Waals surface area contributed by atoms with Gasteiger partial charge in [-0.1, -0.05) is 20.8 Å². The number of hydrogen-bond donors (Lipinski definition) is 1. The van der Waals surface area contributed by atoms with E-state index < -0.39 is 0 Å². The van der Waals surface area contributed by atoms with E-state index in [9.17, 15) is 0 Å². The van der Waals surface area contributed by atoms with E-state index in [2.05, 4.69) is 38.7 Å². The summed E-state index contributed by atoms with van der Waals surface area (Å²) >= 11 is 1.78. The van der Waals surface area contributed by atoms with Crippen molar-refractivity contribution in [2.75, 3.05) is 0 Å². The Balaban J connectivity index is 2.92. The molecule has 84 valence electrons. The minimum Gasteiger partial charge on any atom is -0.324 e. The van der Waals surface area contributed by atoms with Crippen molar-refractivity contribution in [2.45, 2.75) is 50.4 Å². The van der Waals surface area contributed by atoms with Gasteiger partial charge in [0, 0.05) is 17.0 Å². The van der Waals surface area contributed by atoms with Crippen molar-refractivity contribution in [1.82, 2.24) is 4.98 Å². The molecule has 1 unspecified atom stereocenters. The molecule has 1 aromatic heterocycles. The molecule has 2 N–H and O–H groups in total. The number of thioether (sulfide) groups is 1. The molecular formula is C12H20N2S. The number of nitrogens with zero attached hydrogens (tertiary/aromatic N) is 1. The predicted molar refractivity (Wildman–Crippen MR) is 67.2 cm³/mol. The molecule has 15 heavy (non-hydrogen) atoms. The molecule has 0 saturated heterocycles. The Hall–Kier alpha value is -0.540. The Labute approximate surface area is 96.7 Å². The molecule has 0 spiro atoms. The Bertz CT molecular complexity index is 340. The van der Waals surface area contributed by atoms with Crippen molar-refractivity contribution in [2.24, 2.45) is 5.73 Å².